The normalized spacial score (nSPS) is 10.3. The average Bonchev–Trinajstić information content (AvgIpc) is 3.17. The number of nitrogens with one attached hydrogen (secondary N) is 2. The lowest BCUT2D eigenvalue weighted by molar-refractivity contribution is 0.252. The van der Waals surface area contributed by atoms with E-state index in [1.165, 1.54) is 0 Å². The summed E-state index contributed by atoms with van der Waals surface area (Å²) in [5.41, 5.74) is 2.80. The fourth-order valence-corrected chi connectivity index (χ4v) is 2.47. The number of aromatic nitrogens is 2. The van der Waals surface area contributed by atoms with E-state index < -0.39 is 0 Å². The fraction of sp³-hybridized carbons (Fsp3) is 0.158. The summed E-state index contributed by atoms with van der Waals surface area (Å²) in [5.74, 6) is 0.631. The Kier molecular flexibility index (Phi) is 5.31. The van der Waals surface area contributed by atoms with Crippen LogP contribution >= 0.6 is 0 Å². The number of methoxy groups -OCH3 is 1. The summed E-state index contributed by atoms with van der Waals surface area (Å²) in [5, 5.41) is 9.84. The number of hydrogen-bond acceptors (Lipinski definition) is 3. The fourth-order valence-electron chi connectivity index (χ4n) is 2.47. The van der Waals surface area contributed by atoms with Gasteiger partial charge in [0.25, 0.3) is 0 Å². The molecule has 0 fully saturated rings. The number of hydrogen-bond donors (Lipinski definition) is 2. The highest BCUT2D eigenvalue weighted by Gasteiger charge is 2.06. The molecule has 0 aliphatic carbocycles. The van der Waals surface area contributed by atoms with Crippen LogP contribution in [0.15, 0.2) is 67.0 Å². The van der Waals surface area contributed by atoms with E-state index >= 15 is 0 Å². The number of nitrogens with zero attached hydrogens (tertiary/aromatic N) is 2. The standard InChI is InChI=1S/C19H20N4O2/c1-25-18-6-3-2-5-17(18)22-19(24)20-13-11-15-7-9-16(10-8-15)23-14-4-12-21-23/h2-10,12,14H,11,13H2,1H3,(H2,20,22,24). The van der Waals surface area contributed by atoms with E-state index in [0.29, 0.717) is 18.0 Å². The summed E-state index contributed by atoms with van der Waals surface area (Å²) in [6, 6.07) is 17.0. The van der Waals surface area contributed by atoms with Crippen molar-refractivity contribution in [3.63, 3.8) is 0 Å². The number of urea groups is 1. The predicted octanol–water partition coefficient (Wildman–Crippen LogP) is 3.25. The zero-order valence-electron chi connectivity index (χ0n) is 14.0. The predicted molar refractivity (Wildman–Crippen MR) is 97.3 cm³/mol. The Morgan fingerprint density at radius 2 is 1.92 bits per heavy atom. The summed E-state index contributed by atoms with van der Waals surface area (Å²) in [6.07, 6.45) is 4.40. The molecule has 6 nitrogen and oxygen atoms in total. The second kappa shape index (κ2) is 8.01. The minimum atomic E-state index is -0.252. The van der Waals surface area contributed by atoms with Crippen LogP contribution in [0.4, 0.5) is 10.5 Å². The van der Waals surface area contributed by atoms with E-state index in [9.17, 15) is 4.79 Å². The third-order valence-corrected chi connectivity index (χ3v) is 3.76. The van der Waals surface area contributed by atoms with Crippen LogP contribution in [0, 0.1) is 0 Å². The molecule has 25 heavy (non-hydrogen) atoms. The highest BCUT2D eigenvalue weighted by molar-refractivity contribution is 5.90. The SMILES string of the molecule is COc1ccccc1NC(=O)NCCc1ccc(-n2cccn2)cc1. The van der Waals surface area contributed by atoms with Crippen molar-refractivity contribution in [2.75, 3.05) is 19.0 Å². The molecule has 0 aliphatic rings. The summed E-state index contributed by atoms with van der Waals surface area (Å²) in [6.45, 7) is 0.544. The smallest absolute Gasteiger partial charge is 0.319 e. The van der Waals surface area contributed by atoms with E-state index in [1.807, 2.05) is 53.3 Å². The number of rotatable bonds is 6. The minimum Gasteiger partial charge on any atom is -0.495 e. The molecule has 3 aromatic rings. The highest BCUT2D eigenvalue weighted by atomic mass is 16.5. The molecule has 2 aromatic carbocycles. The van der Waals surface area contributed by atoms with Crippen LogP contribution in [-0.2, 0) is 6.42 Å². The van der Waals surface area contributed by atoms with Gasteiger partial charge in [0.2, 0.25) is 0 Å². The first kappa shape index (κ1) is 16.6. The van der Waals surface area contributed by atoms with E-state index in [-0.39, 0.29) is 6.03 Å². The van der Waals surface area contributed by atoms with Gasteiger partial charge in [-0.2, -0.15) is 5.10 Å². The molecule has 1 heterocycles. The van der Waals surface area contributed by atoms with Crippen molar-refractivity contribution in [1.29, 1.82) is 0 Å². The largest absolute Gasteiger partial charge is 0.495 e. The van der Waals surface area contributed by atoms with Gasteiger partial charge in [0.1, 0.15) is 5.75 Å². The Bertz CT molecular complexity index is 814. The second-order valence-electron chi connectivity index (χ2n) is 5.45. The molecule has 0 spiro atoms. The minimum absolute atomic E-state index is 0.252. The highest BCUT2D eigenvalue weighted by Crippen LogP contribution is 2.22. The van der Waals surface area contributed by atoms with E-state index in [0.717, 1.165) is 17.7 Å². The molecular weight excluding hydrogens is 316 g/mol. The van der Waals surface area contributed by atoms with Crippen LogP contribution in [0.5, 0.6) is 5.75 Å². The Hall–Kier alpha value is -3.28. The molecule has 0 unspecified atom stereocenters. The first-order valence-corrected chi connectivity index (χ1v) is 8.03. The quantitative estimate of drug-likeness (QED) is 0.726. The van der Waals surface area contributed by atoms with Crippen molar-refractivity contribution in [3.05, 3.63) is 72.6 Å². The van der Waals surface area contributed by atoms with Gasteiger partial charge in [0.05, 0.1) is 18.5 Å². The zero-order valence-corrected chi connectivity index (χ0v) is 14.0. The first-order chi connectivity index (χ1) is 12.3. The summed E-state index contributed by atoms with van der Waals surface area (Å²) >= 11 is 0. The molecule has 0 bridgehead atoms. The van der Waals surface area contributed by atoms with Crippen molar-refractivity contribution < 1.29 is 9.53 Å². The lowest BCUT2D eigenvalue weighted by Crippen LogP contribution is -2.30. The third kappa shape index (κ3) is 4.38. The number of para-hydroxylation sites is 2. The number of ether oxygens (including phenoxy) is 1. The molecule has 128 valence electrons. The van der Waals surface area contributed by atoms with Crippen LogP contribution < -0.4 is 15.4 Å². The molecule has 0 aliphatic heterocycles. The zero-order chi connectivity index (χ0) is 17.5. The van der Waals surface area contributed by atoms with Crippen LogP contribution in [0.1, 0.15) is 5.56 Å². The van der Waals surface area contributed by atoms with Crippen LogP contribution in [-0.4, -0.2) is 29.5 Å². The van der Waals surface area contributed by atoms with Crippen molar-refractivity contribution in [2.45, 2.75) is 6.42 Å². The molecule has 2 amide bonds. The third-order valence-electron chi connectivity index (χ3n) is 3.76. The van der Waals surface area contributed by atoms with Gasteiger partial charge in [-0.15, -0.1) is 0 Å². The molecule has 0 saturated carbocycles. The van der Waals surface area contributed by atoms with Gasteiger partial charge in [-0.1, -0.05) is 24.3 Å². The first-order valence-electron chi connectivity index (χ1n) is 8.03. The maximum atomic E-state index is 12.0. The number of amides is 2. The monoisotopic (exact) mass is 336 g/mol. The molecule has 0 atom stereocenters. The van der Waals surface area contributed by atoms with E-state index in [1.54, 1.807) is 25.4 Å². The summed E-state index contributed by atoms with van der Waals surface area (Å²) < 4.78 is 7.02. The van der Waals surface area contributed by atoms with Gasteiger partial charge in [0.15, 0.2) is 0 Å². The Morgan fingerprint density at radius 3 is 2.64 bits per heavy atom. The Labute approximate surface area is 146 Å². The summed E-state index contributed by atoms with van der Waals surface area (Å²) in [4.78, 5) is 12.0. The second-order valence-corrected chi connectivity index (χ2v) is 5.45. The van der Waals surface area contributed by atoms with E-state index in [2.05, 4.69) is 15.7 Å². The van der Waals surface area contributed by atoms with Gasteiger partial charge in [-0.05, 0) is 42.3 Å². The topological polar surface area (TPSA) is 68.2 Å². The van der Waals surface area contributed by atoms with E-state index in [4.69, 9.17) is 4.74 Å². The van der Waals surface area contributed by atoms with Gasteiger partial charge in [-0.25, -0.2) is 9.48 Å². The van der Waals surface area contributed by atoms with Gasteiger partial charge < -0.3 is 15.4 Å². The molecule has 2 N–H and O–H groups in total. The van der Waals surface area contributed by atoms with Gasteiger partial charge >= 0.3 is 6.03 Å². The molecule has 1 aromatic heterocycles. The molecule has 3 rings (SSSR count). The van der Waals surface area contributed by atoms with Gasteiger partial charge in [-0.3, -0.25) is 0 Å². The molecular formula is C19H20N4O2. The maximum absolute atomic E-state index is 12.0. The number of benzene rings is 2. The number of carbonyl (C=O) groups is 1. The van der Waals surface area contributed by atoms with Crippen molar-refractivity contribution in [1.82, 2.24) is 15.1 Å². The van der Waals surface area contributed by atoms with Crippen molar-refractivity contribution in [3.8, 4) is 11.4 Å². The van der Waals surface area contributed by atoms with Crippen molar-refractivity contribution in [2.24, 2.45) is 0 Å². The Morgan fingerprint density at radius 1 is 1.12 bits per heavy atom. The maximum Gasteiger partial charge on any atom is 0.319 e. The number of anilines is 1. The summed E-state index contributed by atoms with van der Waals surface area (Å²) in [7, 11) is 1.57. The molecule has 0 radical (unpaired) electrons. The molecule has 6 heteroatoms. The van der Waals surface area contributed by atoms with Crippen LogP contribution in [0.3, 0.4) is 0 Å². The van der Waals surface area contributed by atoms with Gasteiger partial charge in [0, 0.05) is 18.9 Å². The van der Waals surface area contributed by atoms with Crippen molar-refractivity contribution >= 4 is 11.7 Å². The average molecular weight is 336 g/mol. The van der Waals surface area contributed by atoms with Crippen LogP contribution in [0.2, 0.25) is 0 Å². The molecule has 0 saturated heterocycles. The van der Waals surface area contributed by atoms with Crippen LogP contribution in [0.25, 0.3) is 5.69 Å². The Balaban J connectivity index is 1.48. The lowest BCUT2D eigenvalue weighted by Gasteiger charge is -2.11. The lowest BCUT2D eigenvalue weighted by atomic mass is 10.1. The number of carbonyl (C=O) groups excluding carboxylic acids is 1.